The molecule has 0 amide bonds. The maximum atomic E-state index is 11.2. The summed E-state index contributed by atoms with van der Waals surface area (Å²) in [4.78, 5) is 11.8. The summed E-state index contributed by atoms with van der Waals surface area (Å²) in [5, 5.41) is 1.92. The predicted molar refractivity (Wildman–Crippen MR) is 55.0 cm³/mol. The fraction of sp³-hybridized carbons (Fsp3) is 0.100. The first-order valence-corrected chi connectivity index (χ1v) is 4.99. The molecule has 0 fully saturated rings. The van der Waals surface area contributed by atoms with E-state index < -0.39 is 0 Å². The Bertz CT molecular complexity index is 431. The Morgan fingerprint density at radius 3 is 2.79 bits per heavy atom. The lowest BCUT2D eigenvalue weighted by molar-refractivity contribution is 0.0606. The Morgan fingerprint density at radius 1 is 1.43 bits per heavy atom. The van der Waals surface area contributed by atoms with Gasteiger partial charge in [0.2, 0.25) is 0 Å². The van der Waals surface area contributed by atoms with E-state index in [1.165, 1.54) is 18.4 Å². The lowest BCUT2D eigenvalue weighted by atomic mass is 10.4. The standard InChI is InChI=1S/C10H9NO2S/c1-13-10(12)9-6-8(7-14-9)11-4-2-3-5-11/h2-7H,1H3. The topological polar surface area (TPSA) is 31.2 Å². The van der Waals surface area contributed by atoms with Gasteiger partial charge in [-0.3, -0.25) is 0 Å². The molecule has 14 heavy (non-hydrogen) atoms. The summed E-state index contributed by atoms with van der Waals surface area (Å²) >= 11 is 1.39. The van der Waals surface area contributed by atoms with Crippen molar-refractivity contribution in [3.05, 3.63) is 40.8 Å². The zero-order valence-corrected chi connectivity index (χ0v) is 8.45. The smallest absolute Gasteiger partial charge is 0.348 e. The Labute approximate surface area is 85.6 Å². The summed E-state index contributed by atoms with van der Waals surface area (Å²) in [6.45, 7) is 0. The molecule has 0 N–H and O–H groups in total. The van der Waals surface area contributed by atoms with Crippen molar-refractivity contribution < 1.29 is 9.53 Å². The van der Waals surface area contributed by atoms with Gasteiger partial charge in [-0.05, 0) is 18.2 Å². The van der Waals surface area contributed by atoms with Crippen LogP contribution in [0.1, 0.15) is 9.67 Å². The van der Waals surface area contributed by atoms with Gasteiger partial charge in [-0.25, -0.2) is 4.79 Å². The van der Waals surface area contributed by atoms with Gasteiger partial charge in [-0.2, -0.15) is 0 Å². The summed E-state index contributed by atoms with van der Waals surface area (Å²) < 4.78 is 6.58. The molecule has 0 aliphatic rings. The van der Waals surface area contributed by atoms with Crippen molar-refractivity contribution in [2.45, 2.75) is 0 Å². The molecular weight excluding hydrogens is 198 g/mol. The first-order valence-electron chi connectivity index (χ1n) is 4.11. The molecule has 2 rings (SSSR count). The fourth-order valence-corrected chi connectivity index (χ4v) is 1.98. The number of aromatic nitrogens is 1. The monoisotopic (exact) mass is 207 g/mol. The fourth-order valence-electron chi connectivity index (χ4n) is 1.18. The van der Waals surface area contributed by atoms with Crippen LogP contribution in [0.15, 0.2) is 36.0 Å². The number of ether oxygens (including phenoxy) is 1. The molecule has 0 unspecified atom stereocenters. The van der Waals surface area contributed by atoms with Crippen molar-refractivity contribution in [2.24, 2.45) is 0 Å². The molecule has 3 nitrogen and oxygen atoms in total. The number of carbonyl (C=O) groups is 1. The summed E-state index contributed by atoms with van der Waals surface area (Å²) in [5.41, 5.74) is 0.986. The van der Waals surface area contributed by atoms with Gasteiger partial charge >= 0.3 is 5.97 Å². The van der Waals surface area contributed by atoms with Crippen LogP contribution in [0.3, 0.4) is 0 Å². The SMILES string of the molecule is COC(=O)c1cc(-n2cccc2)cs1. The van der Waals surface area contributed by atoms with E-state index >= 15 is 0 Å². The second-order valence-electron chi connectivity index (χ2n) is 2.75. The van der Waals surface area contributed by atoms with Crippen LogP contribution in [0.5, 0.6) is 0 Å². The van der Waals surface area contributed by atoms with E-state index in [2.05, 4.69) is 4.74 Å². The molecule has 2 aromatic heterocycles. The second kappa shape index (κ2) is 3.67. The van der Waals surface area contributed by atoms with Crippen LogP contribution in [0.4, 0.5) is 0 Å². The lowest BCUT2D eigenvalue weighted by Crippen LogP contribution is -1.97. The zero-order chi connectivity index (χ0) is 9.97. The summed E-state index contributed by atoms with van der Waals surface area (Å²) in [6, 6.07) is 5.70. The summed E-state index contributed by atoms with van der Waals surface area (Å²) in [7, 11) is 1.39. The molecule has 72 valence electrons. The van der Waals surface area contributed by atoms with E-state index in [4.69, 9.17) is 0 Å². The van der Waals surface area contributed by atoms with Crippen LogP contribution in [0.25, 0.3) is 5.69 Å². The number of hydrogen-bond donors (Lipinski definition) is 0. The van der Waals surface area contributed by atoms with E-state index in [1.807, 2.05) is 40.5 Å². The highest BCUT2D eigenvalue weighted by atomic mass is 32.1. The molecule has 0 aliphatic heterocycles. The molecule has 0 aliphatic carbocycles. The molecular formula is C10H9NO2S. The molecule has 2 heterocycles. The third-order valence-corrected chi connectivity index (χ3v) is 2.77. The molecule has 0 saturated carbocycles. The summed E-state index contributed by atoms with van der Waals surface area (Å²) in [5.74, 6) is -0.284. The van der Waals surface area contributed by atoms with Crippen LogP contribution < -0.4 is 0 Å². The maximum absolute atomic E-state index is 11.2. The van der Waals surface area contributed by atoms with Gasteiger partial charge < -0.3 is 9.30 Å². The van der Waals surface area contributed by atoms with Crippen molar-refractivity contribution in [2.75, 3.05) is 7.11 Å². The Morgan fingerprint density at radius 2 is 2.14 bits per heavy atom. The van der Waals surface area contributed by atoms with Gasteiger partial charge in [0, 0.05) is 17.8 Å². The molecule has 0 bridgehead atoms. The highest BCUT2D eigenvalue weighted by molar-refractivity contribution is 7.12. The second-order valence-corrected chi connectivity index (χ2v) is 3.66. The lowest BCUT2D eigenvalue weighted by Gasteiger charge is -1.95. The highest BCUT2D eigenvalue weighted by Gasteiger charge is 2.08. The van der Waals surface area contributed by atoms with Crippen LogP contribution in [-0.2, 0) is 4.74 Å². The van der Waals surface area contributed by atoms with Crippen LogP contribution in [0.2, 0.25) is 0 Å². The van der Waals surface area contributed by atoms with Crippen LogP contribution in [-0.4, -0.2) is 17.6 Å². The normalized spacial score (nSPS) is 10.1. The number of methoxy groups -OCH3 is 1. The zero-order valence-electron chi connectivity index (χ0n) is 7.64. The van der Waals surface area contributed by atoms with Crippen molar-refractivity contribution >= 4 is 17.3 Å². The highest BCUT2D eigenvalue weighted by Crippen LogP contribution is 2.19. The Kier molecular flexibility index (Phi) is 2.37. The van der Waals surface area contributed by atoms with Crippen molar-refractivity contribution in [3.63, 3.8) is 0 Å². The molecule has 0 atom stereocenters. The number of nitrogens with zero attached hydrogens (tertiary/aromatic N) is 1. The molecule has 0 spiro atoms. The first-order chi connectivity index (χ1) is 6.81. The van der Waals surface area contributed by atoms with E-state index in [9.17, 15) is 4.79 Å². The van der Waals surface area contributed by atoms with E-state index in [0.29, 0.717) is 4.88 Å². The van der Waals surface area contributed by atoms with Crippen molar-refractivity contribution in [1.29, 1.82) is 0 Å². The van der Waals surface area contributed by atoms with Gasteiger partial charge in [0.15, 0.2) is 0 Å². The first kappa shape index (κ1) is 9.02. The average molecular weight is 207 g/mol. The summed E-state index contributed by atoms with van der Waals surface area (Å²) in [6.07, 6.45) is 3.87. The molecule has 0 aromatic carbocycles. The number of hydrogen-bond acceptors (Lipinski definition) is 3. The van der Waals surface area contributed by atoms with E-state index in [1.54, 1.807) is 0 Å². The average Bonchev–Trinajstić information content (AvgIpc) is 2.86. The van der Waals surface area contributed by atoms with Gasteiger partial charge in [0.05, 0.1) is 12.8 Å². The minimum Gasteiger partial charge on any atom is -0.465 e. The van der Waals surface area contributed by atoms with E-state index in [0.717, 1.165) is 5.69 Å². The van der Waals surface area contributed by atoms with Gasteiger partial charge in [0.25, 0.3) is 0 Å². The predicted octanol–water partition coefficient (Wildman–Crippen LogP) is 2.33. The minimum absolute atomic E-state index is 0.284. The maximum Gasteiger partial charge on any atom is 0.348 e. The largest absolute Gasteiger partial charge is 0.465 e. The van der Waals surface area contributed by atoms with Crippen molar-refractivity contribution in [1.82, 2.24) is 4.57 Å². The number of carbonyl (C=O) groups excluding carboxylic acids is 1. The number of rotatable bonds is 2. The molecule has 0 saturated heterocycles. The number of thiophene rings is 1. The Hall–Kier alpha value is -1.55. The van der Waals surface area contributed by atoms with Gasteiger partial charge in [-0.1, -0.05) is 0 Å². The van der Waals surface area contributed by atoms with Gasteiger partial charge in [0.1, 0.15) is 4.88 Å². The van der Waals surface area contributed by atoms with Gasteiger partial charge in [-0.15, -0.1) is 11.3 Å². The van der Waals surface area contributed by atoms with Crippen LogP contribution >= 0.6 is 11.3 Å². The Balaban J connectivity index is 2.31. The third-order valence-electron chi connectivity index (χ3n) is 1.87. The quantitative estimate of drug-likeness (QED) is 0.708. The molecule has 0 radical (unpaired) electrons. The van der Waals surface area contributed by atoms with E-state index in [-0.39, 0.29) is 5.97 Å². The number of esters is 1. The molecule has 4 heteroatoms. The molecule has 2 aromatic rings. The van der Waals surface area contributed by atoms with Crippen molar-refractivity contribution in [3.8, 4) is 5.69 Å². The third kappa shape index (κ3) is 1.56. The minimum atomic E-state index is -0.284. The van der Waals surface area contributed by atoms with Crippen LogP contribution in [0, 0.1) is 0 Å².